The molecule has 0 N–H and O–H groups in total. The molecule has 2 aliphatic heterocycles. The summed E-state index contributed by atoms with van der Waals surface area (Å²) in [4.78, 5) is 33.4. The van der Waals surface area contributed by atoms with Gasteiger partial charge < -0.3 is 24.2 Å². The summed E-state index contributed by atoms with van der Waals surface area (Å²) in [7, 11) is 3.64. The highest BCUT2D eigenvalue weighted by atomic mass is 32.1. The van der Waals surface area contributed by atoms with Crippen LogP contribution in [-0.4, -0.2) is 90.8 Å². The van der Waals surface area contributed by atoms with Crippen LogP contribution in [0.1, 0.15) is 11.1 Å². The summed E-state index contributed by atoms with van der Waals surface area (Å²) in [5.74, 6) is -0.932. The number of aromatic nitrogens is 3. The number of amides is 1. The normalized spacial score (nSPS) is 15.0. The maximum atomic E-state index is 16.1. The number of halogens is 2. The molecule has 0 aliphatic carbocycles. The number of likely N-dealkylation sites (N-methyl/N-ethyl adjacent to an activating group) is 1. The quantitative estimate of drug-likeness (QED) is 0.134. The van der Waals surface area contributed by atoms with E-state index in [1.54, 1.807) is 17.3 Å². The fraction of sp³-hybridized carbons (Fsp3) is 0.297. The molecule has 1 saturated heterocycles. The number of thiophene rings is 1. The minimum Gasteiger partial charge on any atom is -0.490 e. The van der Waals surface area contributed by atoms with Gasteiger partial charge in [-0.15, -0.1) is 11.3 Å². The number of rotatable bonds is 9. The van der Waals surface area contributed by atoms with Crippen molar-refractivity contribution in [1.29, 1.82) is 0 Å². The zero-order valence-electron chi connectivity index (χ0n) is 27.4. The van der Waals surface area contributed by atoms with Crippen molar-refractivity contribution in [1.82, 2.24) is 24.8 Å². The van der Waals surface area contributed by atoms with Gasteiger partial charge in [0, 0.05) is 97.7 Å². The molecule has 0 bridgehead atoms. The molecule has 3 aromatic heterocycles. The van der Waals surface area contributed by atoms with E-state index in [0.29, 0.717) is 48.0 Å². The Balaban J connectivity index is 1.41. The smallest absolute Gasteiger partial charge is 0.246 e. The third-order valence-corrected chi connectivity index (χ3v) is 10.0. The van der Waals surface area contributed by atoms with E-state index in [9.17, 15) is 9.18 Å². The first-order valence-corrected chi connectivity index (χ1v) is 17.0. The Hall–Kier alpha value is -4.78. The predicted octanol–water partition coefficient (Wildman–Crippen LogP) is 6.21. The number of fused-ring (bicyclic) bond motifs is 2. The average molecular weight is 683 g/mol. The lowest BCUT2D eigenvalue weighted by atomic mass is 9.91. The predicted molar refractivity (Wildman–Crippen MR) is 188 cm³/mol. The highest BCUT2D eigenvalue weighted by molar-refractivity contribution is 7.18. The molecule has 2 aliphatic rings. The van der Waals surface area contributed by atoms with Crippen LogP contribution in [0.2, 0.25) is 0 Å². The summed E-state index contributed by atoms with van der Waals surface area (Å²) >= 11 is 1.44. The maximum Gasteiger partial charge on any atom is 0.246 e. The Labute approximate surface area is 287 Å². The van der Waals surface area contributed by atoms with Gasteiger partial charge in [0.25, 0.3) is 0 Å². The molecule has 5 heterocycles. The van der Waals surface area contributed by atoms with E-state index in [4.69, 9.17) is 24.4 Å². The summed E-state index contributed by atoms with van der Waals surface area (Å²) < 4.78 is 42.6. The highest BCUT2D eigenvalue weighted by Gasteiger charge is 2.27. The van der Waals surface area contributed by atoms with Gasteiger partial charge in [-0.3, -0.25) is 4.79 Å². The molecule has 0 atom stereocenters. The third-order valence-electron chi connectivity index (χ3n) is 9.10. The molecule has 0 radical (unpaired) electrons. The van der Waals surface area contributed by atoms with Crippen molar-refractivity contribution < 1.29 is 23.0 Å². The number of ether oxygens (including phenoxy) is 2. The molecule has 252 valence electrons. The van der Waals surface area contributed by atoms with Gasteiger partial charge in [-0.1, -0.05) is 18.7 Å². The summed E-state index contributed by atoms with van der Waals surface area (Å²) in [6.45, 7) is 8.55. The fourth-order valence-corrected chi connectivity index (χ4v) is 7.41. The number of pyridine rings is 1. The second kappa shape index (κ2) is 14.0. The van der Waals surface area contributed by atoms with Crippen LogP contribution in [0.4, 0.5) is 14.7 Å². The number of carbonyl (C=O) groups excluding carboxylic acids is 1. The molecule has 9 nitrogen and oxygen atoms in total. The zero-order valence-corrected chi connectivity index (χ0v) is 28.2. The molecule has 2 aromatic carbocycles. The second-order valence-corrected chi connectivity index (χ2v) is 13.1. The van der Waals surface area contributed by atoms with Crippen molar-refractivity contribution in [3.63, 3.8) is 0 Å². The van der Waals surface area contributed by atoms with E-state index in [1.807, 2.05) is 29.6 Å². The first-order chi connectivity index (χ1) is 23.8. The Morgan fingerprint density at radius 1 is 0.959 bits per heavy atom. The Morgan fingerprint density at radius 2 is 1.76 bits per heavy atom. The van der Waals surface area contributed by atoms with Gasteiger partial charge >= 0.3 is 0 Å². The minimum atomic E-state index is -0.765. The van der Waals surface area contributed by atoms with Crippen LogP contribution in [0.5, 0.6) is 5.75 Å². The molecule has 0 saturated carbocycles. The molecular weight excluding hydrogens is 647 g/mol. The number of hydrogen-bond donors (Lipinski definition) is 0. The number of nitrogens with zero attached hydrogens (tertiary/aromatic N) is 6. The van der Waals surface area contributed by atoms with Gasteiger partial charge in [-0.25, -0.2) is 23.7 Å². The molecule has 0 spiro atoms. The van der Waals surface area contributed by atoms with E-state index in [2.05, 4.69) is 23.4 Å². The number of carbonyl (C=O) groups is 1. The van der Waals surface area contributed by atoms with Gasteiger partial charge in [-0.2, -0.15) is 0 Å². The Kier molecular flexibility index (Phi) is 9.35. The van der Waals surface area contributed by atoms with Crippen molar-refractivity contribution in [2.24, 2.45) is 0 Å². The van der Waals surface area contributed by atoms with Gasteiger partial charge in [0.2, 0.25) is 11.9 Å². The van der Waals surface area contributed by atoms with Gasteiger partial charge in [0.15, 0.2) is 0 Å². The number of piperazine rings is 1. The molecule has 7 rings (SSSR count). The molecule has 12 heteroatoms. The topological polar surface area (TPSA) is 83.9 Å². The monoisotopic (exact) mass is 682 g/mol. The summed E-state index contributed by atoms with van der Waals surface area (Å²) in [5, 5.41) is 2.72. The molecule has 1 fully saturated rings. The van der Waals surface area contributed by atoms with Crippen LogP contribution in [0.3, 0.4) is 0 Å². The SMILES string of the molecule is C=CC(=O)N1CCc2ccc(-c3nc(-c4cnc(N5CCN(C)CC5)nc4)c4ccsc4c3-c3c(F)cc(F)cc3OCCOC)cc2C1. The number of benzene rings is 2. The van der Waals surface area contributed by atoms with Crippen LogP contribution in [-0.2, 0) is 22.5 Å². The number of anilines is 1. The van der Waals surface area contributed by atoms with E-state index < -0.39 is 11.6 Å². The van der Waals surface area contributed by atoms with E-state index in [1.165, 1.54) is 30.6 Å². The van der Waals surface area contributed by atoms with E-state index in [0.717, 1.165) is 59.0 Å². The van der Waals surface area contributed by atoms with E-state index >= 15 is 4.39 Å². The number of methoxy groups -OCH3 is 1. The summed E-state index contributed by atoms with van der Waals surface area (Å²) in [5.41, 5.74) is 5.27. The van der Waals surface area contributed by atoms with Crippen molar-refractivity contribution >= 4 is 33.3 Å². The standard InChI is InChI=1S/C37H36F2N6O3S/c1-4-31(46)45-9-7-23-5-6-24(17-25(23)22-45)35-33(32-29(39)18-27(38)19-30(32)48-15-14-47-3)36-28(8-16-49-36)34(42-35)26-20-40-37(41-21-26)44-12-10-43(2)11-13-44/h4-6,8,16-21H,1,7,9-15,22H2,2-3H3. The van der Waals surface area contributed by atoms with Crippen LogP contribution >= 0.6 is 11.3 Å². The summed E-state index contributed by atoms with van der Waals surface area (Å²) in [6.07, 6.45) is 5.59. The lowest BCUT2D eigenvalue weighted by Crippen LogP contribution is -2.45. The summed E-state index contributed by atoms with van der Waals surface area (Å²) in [6, 6.07) is 10.0. The van der Waals surface area contributed by atoms with Crippen LogP contribution < -0.4 is 9.64 Å². The second-order valence-electron chi connectivity index (χ2n) is 12.2. The first-order valence-electron chi connectivity index (χ1n) is 16.2. The zero-order chi connectivity index (χ0) is 34.1. The van der Waals surface area contributed by atoms with Crippen LogP contribution in [0.25, 0.3) is 43.7 Å². The first kappa shape index (κ1) is 32.8. The average Bonchev–Trinajstić information content (AvgIpc) is 3.61. The van der Waals surface area contributed by atoms with Crippen LogP contribution in [0.15, 0.2) is 66.8 Å². The van der Waals surface area contributed by atoms with Crippen molar-refractivity contribution in [2.75, 3.05) is 65.0 Å². The Morgan fingerprint density at radius 3 is 2.51 bits per heavy atom. The van der Waals surface area contributed by atoms with Crippen molar-refractivity contribution in [3.05, 3.63) is 89.6 Å². The molecular formula is C37H36F2N6O3S. The fourth-order valence-electron chi connectivity index (χ4n) is 6.46. The maximum absolute atomic E-state index is 16.1. The lowest BCUT2D eigenvalue weighted by molar-refractivity contribution is -0.126. The van der Waals surface area contributed by atoms with Gasteiger partial charge in [-0.05, 0) is 48.2 Å². The van der Waals surface area contributed by atoms with Gasteiger partial charge in [0.1, 0.15) is 24.0 Å². The molecule has 1 amide bonds. The van der Waals surface area contributed by atoms with Crippen molar-refractivity contribution in [3.8, 4) is 39.4 Å². The lowest BCUT2D eigenvalue weighted by Gasteiger charge is -2.32. The molecule has 49 heavy (non-hydrogen) atoms. The molecule has 5 aromatic rings. The Bertz CT molecular complexity index is 2030. The third kappa shape index (κ3) is 6.51. The minimum absolute atomic E-state index is 0.0561. The molecule has 0 unspecified atom stereocenters. The van der Waals surface area contributed by atoms with Gasteiger partial charge in [0.05, 0.1) is 23.6 Å². The largest absolute Gasteiger partial charge is 0.490 e. The van der Waals surface area contributed by atoms with Crippen LogP contribution in [0, 0.1) is 11.6 Å². The number of hydrogen-bond acceptors (Lipinski definition) is 9. The van der Waals surface area contributed by atoms with E-state index in [-0.39, 0.29) is 30.4 Å². The van der Waals surface area contributed by atoms with Crippen molar-refractivity contribution in [2.45, 2.75) is 13.0 Å². The highest BCUT2D eigenvalue weighted by Crippen LogP contribution is 2.47.